The van der Waals surface area contributed by atoms with E-state index in [9.17, 15) is 14.4 Å². The van der Waals surface area contributed by atoms with Gasteiger partial charge in [-0.3, -0.25) is 23.4 Å². The van der Waals surface area contributed by atoms with Crippen molar-refractivity contribution in [1.82, 2.24) is 23.5 Å². The molecule has 0 saturated carbocycles. The van der Waals surface area contributed by atoms with Crippen LogP contribution in [0.25, 0.3) is 10.9 Å². The molecule has 0 N–H and O–H groups in total. The Balaban J connectivity index is 1.27. The Morgan fingerprint density at radius 2 is 1.79 bits per heavy atom. The molecular formula is C28H31ClN6O3. The van der Waals surface area contributed by atoms with Crippen molar-refractivity contribution in [3.05, 3.63) is 90.6 Å². The van der Waals surface area contributed by atoms with Gasteiger partial charge in [-0.2, -0.15) is 5.10 Å². The molecule has 0 bridgehead atoms. The zero-order valence-corrected chi connectivity index (χ0v) is 22.4. The Kier molecular flexibility index (Phi) is 7.46. The Hall–Kier alpha value is -3.72. The smallest absolute Gasteiger partial charge is 0.311 e. The molecule has 0 fully saturated rings. The highest BCUT2D eigenvalue weighted by atomic mass is 35.5. The first-order chi connectivity index (χ1) is 18.4. The van der Waals surface area contributed by atoms with E-state index in [2.05, 4.69) is 23.1 Å². The van der Waals surface area contributed by atoms with Gasteiger partial charge in [0.1, 0.15) is 11.0 Å². The molecule has 0 spiro atoms. The molecule has 198 valence electrons. The van der Waals surface area contributed by atoms with Gasteiger partial charge in [-0.25, -0.2) is 9.79 Å². The maximum atomic E-state index is 13.2. The van der Waals surface area contributed by atoms with Crippen LogP contribution in [0.5, 0.6) is 0 Å². The molecule has 0 amide bonds. The predicted octanol–water partition coefficient (Wildman–Crippen LogP) is 3.75. The summed E-state index contributed by atoms with van der Waals surface area (Å²) in [7, 11) is 1.77. The lowest BCUT2D eigenvalue weighted by Gasteiger charge is -2.14. The Bertz CT molecular complexity index is 1710. The van der Waals surface area contributed by atoms with Gasteiger partial charge in [0.2, 0.25) is 0 Å². The highest BCUT2D eigenvalue weighted by Gasteiger charge is 2.24. The van der Waals surface area contributed by atoms with Gasteiger partial charge >= 0.3 is 5.69 Å². The molecule has 1 aliphatic heterocycles. The van der Waals surface area contributed by atoms with Gasteiger partial charge in [-0.15, -0.1) is 0 Å². The summed E-state index contributed by atoms with van der Waals surface area (Å²) in [5.41, 5.74) is 2.88. The topological polar surface area (TPSA) is 96.2 Å². The summed E-state index contributed by atoms with van der Waals surface area (Å²) in [4.78, 5) is 42.4. The number of nitrogens with zero attached hydrogens (tertiary/aromatic N) is 6. The second kappa shape index (κ2) is 10.9. The maximum absolute atomic E-state index is 13.2. The third-order valence-electron chi connectivity index (χ3n) is 7.09. The van der Waals surface area contributed by atoms with E-state index in [1.54, 1.807) is 22.2 Å². The third-order valence-corrected chi connectivity index (χ3v) is 7.31. The lowest BCUT2D eigenvalue weighted by Crippen LogP contribution is -2.41. The van der Waals surface area contributed by atoms with E-state index in [0.717, 1.165) is 41.3 Å². The van der Waals surface area contributed by atoms with E-state index in [4.69, 9.17) is 11.6 Å². The first-order valence-corrected chi connectivity index (χ1v) is 13.4. The molecule has 0 saturated heterocycles. The monoisotopic (exact) mass is 534 g/mol. The lowest BCUT2D eigenvalue weighted by molar-refractivity contribution is 0.513. The van der Waals surface area contributed by atoms with Crippen molar-refractivity contribution < 1.29 is 0 Å². The number of pyridine rings is 1. The minimum absolute atomic E-state index is 0.0309. The normalized spacial score (nSPS) is 12.8. The molecule has 0 radical (unpaired) electrons. The highest BCUT2D eigenvalue weighted by Crippen LogP contribution is 2.24. The zero-order valence-electron chi connectivity index (χ0n) is 21.7. The molecular weight excluding hydrogens is 504 g/mol. The molecule has 0 unspecified atom stereocenters. The fourth-order valence-corrected chi connectivity index (χ4v) is 5.24. The van der Waals surface area contributed by atoms with Crippen LogP contribution in [0.2, 0.25) is 0 Å². The number of halogens is 1. The molecule has 1 aromatic carbocycles. The van der Waals surface area contributed by atoms with Gasteiger partial charge in [-0.1, -0.05) is 37.4 Å². The van der Waals surface area contributed by atoms with Crippen molar-refractivity contribution >= 4 is 33.5 Å². The summed E-state index contributed by atoms with van der Waals surface area (Å²) < 4.78 is 6.46. The highest BCUT2D eigenvalue weighted by molar-refractivity contribution is 6.66. The van der Waals surface area contributed by atoms with E-state index < -0.39 is 0 Å². The maximum Gasteiger partial charge on any atom is 0.332 e. The summed E-state index contributed by atoms with van der Waals surface area (Å²) in [5, 5.41) is 5.84. The first kappa shape index (κ1) is 25.9. The van der Waals surface area contributed by atoms with E-state index in [-0.39, 0.29) is 23.2 Å². The van der Waals surface area contributed by atoms with E-state index in [1.807, 2.05) is 35.3 Å². The van der Waals surface area contributed by atoms with Gasteiger partial charge in [0.15, 0.2) is 0 Å². The van der Waals surface area contributed by atoms with Crippen LogP contribution >= 0.6 is 11.6 Å². The summed E-state index contributed by atoms with van der Waals surface area (Å²) in [6, 6.07) is 9.45. The summed E-state index contributed by atoms with van der Waals surface area (Å²) in [5.74, 6) is 0.426. The molecule has 5 rings (SSSR count). The van der Waals surface area contributed by atoms with Crippen LogP contribution in [-0.4, -0.2) is 28.7 Å². The molecule has 3 aromatic heterocycles. The Labute approximate surface area is 224 Å². The van der Waals surface area contributed by atoms with Gasteiger partial charge < -0.3 is 4.57 Å². The van der Waals surface area contributed by atoms with Crippen molar-refractivity contribution in [1.29, 1.82) is 0 Å². The molecule has 4 heterocycles. The van der Waals surface area contributed by atoms with Gasteiger partial charge in [0, 0.05) is 38.8 Å². The number of hydrogen-bond acceptors (Lipinski definition) is 5. The average Bonchev–Trinajstić information content (AvgIpc) is 3.51. The third kappa shape index (κ3) is 5.15. The second-order valence-electron chi connectivity index (χ2n) is 9.84. The van der Waals surface area contributed by atoms with Gasteiger partial charge in [0.25, 0.3) is 11.1 Å². The zero-order chi connectivity index (χ0) is 26.8. The number of aliphatic imine (C=N–C) groups is 1. The van der Waals surface area contributed by atoms with Crippen LogP contribution in [0.15, 0.2) is 62.1 Å². The molecule has 0 aliphatic carbocycles. The number of aromatic nitrogens is 5. The van der Waals surface area contributed by atoms with E-state index >= 15 is 0 Å². The number of aryl methyl sites for hydroxylation is 2. The van der Waals surface area contributed by atoms with Crippen LogP contribution in [0.3, 0.4) is 0 Å². The average molecular weight is 535 g/mol. The van der Waals surface area contributed by atoms with E-state index in [0.29, 0.717) is 49.0 Å². The van der Waals surface area contributed by atoms with Crippen molar-refractivity contribution in [2.75, 3.05) is 0 Å². The lowest BCUT2D eigenvalue weighted by atomic mass is 10.1. The van der Waals surface area contributed by atoms with Crippen molar-refractivity contribution in [2.24, 2.45) is 12.0 Å². The van der Waals surface area contributed by atoms with Crippen LogP contribution in [0.1, 0.15) is 49.3 Å². The summed E-state index contributed by atoms with van der Waals surface area (Å²) in [6.07, 6.45) is 8.31. The largest absolute Gasteiger partial charge is 0.332 e. The van der Waals surface area contributed by atoms with Crippen molar-refractivity contribution in [2.45, 2.75) is 65.1 Å². The van der Waals surface area contributed by atoms with Crippen molar-refractivity contribution in [3.63, 3.8) is 0 Å². The standard InChI is InChI=1S/C28H31ClN6O3/c1-3-4-5-12-34-26-22(15-24(29)31-26)27(37)35(28(34)38)13-6-7-20-16-30-33(18-20)17-19-8-10-23-21(14-19)9-11-25(36)32(23)2/h8-11,14,16,18H,3-7,12-13,15,17H2,1-2H3. The van der Waals surface area contributed by atoms with Crippen LogP contribution < -0.4 is 16.8 Å². The Morgan fingerprint density at radius 1 is 0.974 bits per heavy atom. The number of unbranched alkanes of at least 4 members (excludes halogenated alkanes) is 2. The quantitative estimate of drug-likeness (QED) is 0.289. The number of fused-ring (bicyclic) bond motifs is 2. The van der Waals surface area contributed by atoms with Crippen LogP contribution in [-0.2, 0) is 39.5 Å². The predicted molar refractivity (Wildman–Crippen MR) is 150 cm³/mol. The fraction of sp³-hybridized carbons (Fsp3) is 0.393. The second-order valence-corrected chi connectivity index (χ2v) is 10.3. The van der Waals surface area contributed by atoms with Crippen LogP contribution in [0, 0.1) is 0 Å². The molecule has 1 aliphatic rings. The Morgan fingerprint density at radius 3 is 2.61 bits per heavy atom. The van der Waals surface area contributed by atoms with Gasteiger partial charge in [0.05, 0.1) is 23.8 Å². The summed E-state index contributed by atoms with van der Waals surface area (Å²) >= 11 is 6.14. The minimum atomic E-state index is -0.315. The number of rotatable bonds is 10. The molecule has 9 nitrogen and oxygen atoms in total. The first-order valence-electron chi connectivity index (χ1n) is 13.0. The molecule has 0 atom stereocenters. The summed E-state index contributed by atoms with van der Waals surface area (Å²) in [6.45, 7) is 3.56. The number of hydrogen-bond donors (Lipinski definition) is 0. The molecule has 10 heteroatoms. The number of benzene rings is 1. The van der Waals surface area contributed by atoms with Crippen LogP contribution in [0.4, 0.5) is 5.82 Å². The van der Waals surface area contributed by atoms with E-state index in [1.165, 1.54) is 4.57 Å². The SMILES string of the molecule is CCCCCn1c2c(c(=O)n(CCCc3cnn(Cc4ccc5c(ccc(=O)n5C)c4)c3)c1=O)CC(Cl)=N2. The fourth-order valence-electron chi connectivity index (χ4n) is 5.03. The van der Waals surface area contributed by atoms with Crippen molar-refractivity contribution in [3.8, 4) is 0 Å². The molecule has 38 heavy (non-hydrogen) atoms. The molecule has 4 aromatic rings. The minimum Gasteiger partial charge on any atom is -0.311 e. The van der Waals surface area contributed by atoms with Gasteiger partial charge in [-0.05, 0) is 54.0 Å².